The van der Waals surface area contributed by atoms with E-state index in [4.69, 9.17) is 16.7 Å². The summed E-state index contributed by atoms with van der Waals surface area (Å²) in [6.45, 7) is -0.595. The molecule has 0 aliphatic carbocycles. The quantitative estimate of drug-likeness (QED) is 0.456. The number of carbonyl (C=O) groups excluding carboxylic acids is 2. The number of rotatable bonds is 7. The molecule has 9 heteroatoms. The molecule has 0 aliphatic rings. The summed E-state index contributed by atoms with van der Waals surface area (Å²) in [5, 5.41) is 14.9. The number of nitrogens with one attached hydrogen (secondary N) is 3. The van der Waals surface area contributed by atoms with Gasteiger partial charge < -0.3 is 20.7 Å². The Kier molecular flexibility index (Phi) is 6.48. The minimum absolute atomic E-state index is 0.00475. The van der Waals surface area contributed by atoms with E-state index in [-0.39, 0.29) is 17.5 Å². The Morgan fingerprint density at radius 2 is 1.77 bits per heavy atom. The standard InChI is InChI=1S/C21H18ClN3O5/c22-14-7-5-12(6-8-14)20(29)25-17(21(30)23-11-19(27)28)9-13-10-18(26)24-16-4-2-1-3-15(13)16/h1-8,10,17H,9,11H2,(H,23,30)(H,24,26)(H,25,29)(H,27,28). The molecule has 1 unspecified atom stereocenters. The van der Waals surface area contributed by atoms with Crippen LogP contribution in [0, 0.1) is 0 Å². The van der Waals surface area contributed by atoms with E-state index in [9.17, 15) is 19.2 Å². The molecule has 0 saturated heterocycles. The van der Waals surface area contributed by atoms with Crippen molar-refractivity contribution in [1.82, 2.24) is 15.6 Å². The highest BCUT2D eigenvalue weighted by molar-refractivity contribution is 6.30. The van der Waals surface area contributed by atoms with Gasteiger partial charge in [0, 0.05) is 34.0 Å². The van der Waals surface area contributed by atoms with Crippen molar-refractivity contribution in [2.24, 2.45) is 0 Å². The van der Waals surface area contributed by atoms with Crippen LogP contribution in [0.1, 0.15) is 15.9 Å². The molecule has 1 atom stereocenters. The molecule has 0 radical (unpaired) electrons. The number of hydrogen-bond donors (Lipinski definition) is 4. The summed E-state index contributed by atoms with van der Waals surface area (Å²) >= 11 is 5.84. The number of halogens is 1. The molecule has 1 aromatic heterocycles. The lowest BCUT2D eigenvalue weighted by Gasteiger charge is -2.19. The zero-order valence-corrected chi connectivity index (χ0v) is 16.4. The van der Waals surface area contributed by atoms with Crippen molar-refractivity contribution in [2.75, 3.05) is 6.54 Å². The molecule has 1 heterocycles. The molecule has 3 rings (SSSR count). The van der Waals surface area contributed by atoms with Gasteiger partial charge in [-0.25, -0.2) is 0 Å². The normalized spacial score (nSPS) is 11.6. The molecule has 30 heavy (non-hydrogen) atoms. The van der Waals surface area contributed by atoms with Crippen molar-refractivity contribution in [3.63, 3.8) is 0 Å². The molecule has 0 spiro atoms. The number of benzene rings is 2. The van der Waals surface area contributed by atoms with E-state index in [2.05, 4.69) is 15.6 Å². The maximum Gasteiger partial charge on any atom is 0.322 e. The van der Waals surface area contributed by atoms with Gasteiger partial charge >= 0.3 is 5.97 Å². The predicted molar refractivity (Wildman–Crippen MR) is 112 cm³/mol. The predicted octanol–water partition coefficient (Wildman–Crippen LogP) is 1.72. The van der Waals surface area contributed by atoms with E-state index in [1.54, 1.807) is 36.4 Å². The summed E-state index contributed by atoms with van der Waals surface area (Å²) in [7, 11) is 0. The van der Waals surface area contributed by atoms with Gasteiger partial charge in [0.15, 0.2) is 0 Å². The van der Waals surface area contributed by atoms with Crippen LogP contribution in [0.3, 0.4) is 0 Å². The first-order valence-corrected chi connectivity index (χ1v) is 9.38. The highest BCUT2D eigenvalue weighted by atomic mass is 35.5. The largest absolute Gasteiger partial charge is 0.480 e. The summed E-state index contributed by atoms with van der Waals surface area (Å²) in [5.41, 5.74) is 1.07. The number of H-pyrrole nitrogens is 1. The summed E-state index contributed by atoms with van der Waals surface area (Å²) in [6.07, 6.45) is -0.00475. The van der Waals surface area contributed by atoms with Gasteiger partial charge in [-0.15, -0.1) is 0 Å². The van der Waals surface area contributed by atoms with Crippen molar-refractivity contribution in [2.45, 2.75) is 12.5 Å². The lowest BCUT2D eigenvalue weighted by Crippen LogP contribution is -2.49. The molecule has 8 nitrogen and oxygen atoms in total. The van der Waals surface area contributed by atoms with E-state index in [1.807, 2.05) is 0 Å². The minimum Gasteiger partial charge on any atom is -0.480 e. The highest BCUT2D eigenvalue weighted by Crippen LogP contribution is 2.17. The third-order valence-corrected chi connectivity index (χ3v) is 4.65. The molecule has 0 aliphatic heterocycles. The first-order valence-electron chi connectivity index (χ1n) is 9.00. The number of fused-ring (bicyclic) bond motifs is 1. The zero-order valence-electron chi connectivity index (χ0n) is 15.6. The van der Waals surface area contributed by atoms with Crippen LogP contribution in [-0.2, 0) is 16.0 Å². The molecule has 0 saturated carbocycles. The van der Waals surface area contributed by atoms with Crippen molar-refractivity contribution in [3.8, 4) is 0 Å². The Morgan fingerprint density at radius 1 is 1.07 bits per heavy atom. The lowest BCUT2D eigenvalue weighted by molar-refractivity contribution is -0.138. The molecule has 154 valence electrons. The topological polar surface area (TPSA) is 128 Å². The van der Waals surface area contributed by atoms with Gasteiger partial charge in [-0.1, -0.05) is 29.8 Å². The molecule has 2 aromatic carbocycles. The molecular weight excluding hydrogens is 410 g/mol. The third kappa shape index (κ3) is 5.24. The van der Waals surface area contributed by atoms with Crippen LogP contribution in [-0.4, -0.2) is 40.5 Å². The second-order valence-electron chi connectivity index (χ2n) is 6.55. The fourth-order valence-electron chi connectivity index (χ4n) is 3.00. The van der Waals surface area contributed by atoms with Crippen LogP contribution < -0.4 is 16.2 Å². The summed E-state index contributed by atoms with van der Waals surface area (Å²) in [4.78, 5) is 50.8. The first kappa shape index (κ1) is 21.1. The van der Waals surface area contributed by atoms with Crippen molar-refractivity contribution >= 4 is 40.3 Å². The average Bonchev–Trinajstić information content (AvgIpc) is 2.71. The van der Waals surface area contributed by atoms with Crippen LogP contribution in [0.5, 0.6) is 0 Å². The monoisotopic (exact) mass is 427 g/mol. The number of aromatic amines is 1. The Hall–Kier alpha value is -3.65. The van der Waals surface area contributed by atoms with Gasteiger partial charge in [0.25, 0.3) is 5.91 Å². The third-order valence-electron chi connectivity index (χ3n) is 4.40. The van der Waals surface area contributed by atoms with Crippen LogP contribution >= 0.6 is 11.6 Å². The van der Waals surface area contributed by atoms with Crippen LogP contribution in [0.2, 0.25) is 5.02 Å². The minimum atomic E-state index is -1.22. The smallest absolute Gasteiger partial charge is 0.322 e. The number of para-hydroxylation sites is 1. The molecule has 0 bridgehead atoms. The number of carboxylic acid groups (broad SMARTS) is 1. The van der Waals surface area contributed by atoms with Gasteiger partial charge in [0.1, 0.15) is 12.6 Å². The van der Waals surface area contributed by atoms with E-state index in [0.29, 0.717) is 21.5 Å². The van der Waals surface area contributed by atoms with Crippen molar-refractivity contribution in [3.05, 3.63) is 81.1 Å². The Balaban J connectivity index is 1.90. The molecule has 3 aromatic rings. The number of aromatic nitrogens is 1. The first-order chi connectivity index (χ1) is 14.3. The van der Waals surface area contributed by atoms with Crippen LogP contribution in [0.15, 0.2) is 59.4 Å². The van der Waals surface area contributed by atoms with Crippen molar-refractivity contribution < 1.29 is 19.5 Å². The van der Waals surface area contributed by atoms with Gasteiger partial charge in [-0.05, 0) is 35.9 Å². The lowest BCUT2D eigenvalue weighted by atomic mass is 10.0. The van der Waals surface area contributed by atoms with Crippen LogP contribution in [0.4, 0.5) is 0 Å². The fourth-order valence-corrected chi connectivity index (χ4v) is 3.13. The highest BCUT2D eigenvalue weighted by Gasteiger charge is 2.23. The van der Waals surface area contributed by atoms with Gasteiger partial charge in [0.2, 0.25) is 11.5 Å². The SMILES string of the molecule is O=C(O)CNC(=O)C(Cc1cc(=O)[nH]c2ccccc12)NC(=O)c1ccc(Cl)cc1. The number of aliphatic carboxylic acids is 1. The van der Waals surface area contributed by atoms with E-state index >= 15 is 0 Å². The molecular formula is C21H18ClN3O5. The van der Waals surface area contributed by atoms with Gasteiger partial charge in [-0.2, -0.15) is 0 Å². The zero-order chi connectivity index (χ0) is 21.7. The van der Waals surface area contributed by atoms with Crippen molar-refractivity contribution in [1.29, 1.82) is 0 Å². The second-order valence-corrected chi connectivity index (χ2v) is 6.99. The molecule has 4 N–H and O–H groups in total. The number of pyridine rings is 1. The molecule has 2 amide bonds. The fraction of sp³-hybridized carbons (Fsp3) is 0.143. The number of carboxylic acids is 1. The summed E-state index contributed by atoms with van der Waals surface area (Å²) < 4.78 is 0. The van der Waals surface area contributed by atoms with E-state index in [0.717, 1.165) is 0 Å². The second kappa shape index (κ2) is 9.23. The van der Waals surface area contributed by atoms with Gasteiger partial charge in [-0.3, -0.25) is 19.2 Å². The van der Waals surface area contributed by atoms with Crippen LogP contribution in [0.25, 0.3) is 10.9 Å². The number of hydrogen-bond acceptors (Lipinski definition) is 4. The van der Waals surface area contributed by atoms with E-state index in [1.165, 1.54) is 18.2 Å². The summed E-state index contributed by atoms with van der Waals surface area (Å²) in [5.74, 6) is -2.42. The maximum absolute atomic E-state index is 12.6. The Bertz CT molecular complexity index is 1160. The Morgan fingerprint density at radius 3 is 2.47 bits per heavy atom. The number of carbonyl (C=O) groups is 3. The van der Waals surface area contributed by atoms with E-state index < -0.39 is 30.4 Å². The maximum atomic E-state index is 12.6. The van der Waals surface area contributed by atoms with Gasteiger partial charge in [0.05, 0.1) is 0 Å². The molecule has 0 fully saturated rings. The summed E-state index contributed by atoms with van der Waals surface area (Å²) in [6, 6.07) is 13.4. The average molecular weight is 428 g/mol. The number of amides is 2. The Labute approximate surface area is 175 Å².